The molecule has 5 nitrogen and oxygen atoms in total. The monoisotopic (exact) mass is 400 g/mol. The molecule has 0 radical (unpaired) electrons. The van der Waals surface area contributed by atoms with Crippen molar-refractivity contribution in [2.24, 2.45) is 0 Å². The van der Waals surface area contributed by atoms with Crippen molar-refractivity contribution in [3.8, 4) is 16.8 Å². The molecule has 1 amide bonds. The summed E-state index contributed by atoms with van der Waals surface area (Å²) in [5, 5.41) is 8.17. The normalized spacial score (nSPS) is 11.3. The second-order valence-corrected chi connectivity index (χ2v) is 7.74. The molecule has 1 aromatic heterocycles. The van der Waals surface area contributed by atoms with Gasteiger partial charge in [0.15, 0.2) is 0 Å². The third-order valence-electron chi connectivity index (χ3n) is 4.45. The van der Waals surface area contributed by atoms with Gasteiger partial charge in [0.1, 0.15) is 0 Å². The van der Waals surface area contributed by atoms with Gasteiger partial charge in [0.25, 0.3) is 0 Å². The Balaban J connectivity index is 2.09. The van der Waals surface area contributed by atoms with Gasteiger partial charge in [-0.2, -0.15) is 0 Å². The Morgan fingerprint density at radius 1 is 1.15 bits per heavy atom. The number of nitrogens with zero attached hydrogens (tertiary/aromatic N) is 3. The third-order valence-corrected chi connectivity index (χ3v) is 5.19. The topological polar surface area (TPSA) is 59.8 Å². The van der Waals surface area contributed by atoms with E-state index in [0.717, 1.165) is 23.2 Å². The van der Waals surface area contributed by atoms with Crippen LogP contribution in [0.2, 0.25) is 10.0 Å². The van der Waals surface area contributed by atoms with Crippen LogP contribution in [0, 0.1) is 0 Å². The zero-order chi connectivity index (χ0) is 19.6. The molecule has 1 N–H and O–H groups in total. The summed E-state index contributed by atoms with van der Waals surface area (Å²) in [6.07, 6.45) is 2.41. The minimum absolute atomic E-state index is 0.148. The van der Waals surface area contributed by atoms with E-state index in [1.165, 1.54) is 7.19 Å². The van der Waals surface area contributed by atoms with E-state index in [2.05, 4.69) is 15.2 Å². The molecule has 3 aromatic rings. The van der Waals surface area contributed by atoms with Crippen LogP contribution in [0.25, 0.3) is 16.8 Å². The first-order chi connectivity index (χ1) is 12.8. The average Bonchev–Trinajstić information content (AvgIpc) is 3.18. The molecule has 0 saturated carbocycles. The summed E-state index contributed by atoms with van der Waals surface area (Å²) in [6.45, 7) is 6.02. The van der Waals surface area contributed by atoms with Crippen molar-refractivity contribution in [2.75, 3.05) is 0 Å². The number of carbonyl (C=O) groups is 1. The zero-order valence-electron chi connectivity index (χ0n) is 15.3. The fraction of sp³-hybridized carbons (Fsp3) is 0.263. The third kappa shape index (κ3) is 4.57. The molecule has 8 heteroatoms. The molecule has 138 valence electrons. The molecule has 0 bridgehead atoms. The summed E-state index contributed by atoms with van der Waals surface area (Å²) in [7, 11) is 1.45. The molecule has 27 heavy (non-hydrogen) atoms. The predicted molar refractivity (Wildman–Crippen MR) is 110 cm³/mol. The SMILES string of the molecule is CCC(C)(C)NC(=O)c1cc(-c2ccc(Cl)c(Cl)c2)cc(-n2cnbn2)c1. The average molecular weight is 401 g/mol. The molecule has 3 rings (SSSR count). The summed E-state index contributed by atoms with van der Waals surface area (Å²) in [5.41, 5.74) is 2.65. The second-order valence-electron chi connectivity index (χ2n) is 6.93. The Labute approximate surface area is 169 Å². The van der Waals surface area contributed by atoms with Crippen LogP contribution in [0.3, 0.4) is 0 Å². The molecule has 0 aliphatic heterocycles. The van der Waals surface area contributed by atoms with Crippen molar-refractivity contribution in [1.29, 1.82) is 0 Å². The van der Waals surface area contributed by atoms with Crippen molar-refractivity contribution < 1.29 is 4.79 Å². The van der Waals surface area contributed by atoms with E-state index in [9.17, 15) is 4.79 Å². The molecule has 0 atom stereocenters. The zero-order valence-corrected chi connectivity index (χ0v) is 16.8. The number of benzene rings is 2. The molecule has 0 unspecified atom stereocenters. The van der Waals surface area contributed by atoms with Crippen LogP contribution < -0.4 is 5.32 Å². The Morgan fingerprint density at radius 2 is 1.93 bits per heavy atom. The number of amides is 1. The first-order valence-corrected chi connectivity index (χ1v) is 9.33. The Morgan fingerprint density at radius 3 is 2.56 bits per heavy atom. The van der Waals surface area contributed by atoms with Crippen LogP contribution in [0.4, 0.5) is 0 Å². The van der Waals surface area contributed by atoms with Gasteiger partial charge in [0, 0.05) is 0 Å². The van der Waals surface area contributed by atoms with Crippen molar-refractivity contribution in [3.05, 3.63) is 58.3 Å². The fourth-order valence-corrected chi connectivity index (χ4v) is 2.82. The summed E-state index contributed by atoms with van der Waals surface area (Å²) in [5.74, 6) is -0.148. The fourth-order valence-electron chi connectivity index (χ4n) is 2.53. The number of carbonyl (C=O) groups excluding carboxylic acids is 1. The van der Waals surface area contributed by atoms with Crippen molar-refractivity contribution >= 4 is 36.3 Å². The van der Waals surface area contributed by atoms with Gasteiger partial charge in [-0.1, -0.05) is 0 Å². The second kappa shape index (κ2) is 7.83. The van der Waals surface area contributed by atoms with Gasteiger partial charge in [-0.25, -0.2) is 0 Å². The number of halogens is 2. The Kier molecular flexibility index (Phi) is 5.68. The van der Waals surface area contributed by atoms with Crippen LogP contribution in [-0.2, 0) is 0 Å². The van der Waals surface area contributed by atoms with Gasteiger partial charge in [-0.05, 0) is 0 Å². The molecule has 0 fully saturated rings. The molecule has 0 aliphatic carbocycles. The first kappa shape index (κ1) is 19.6. The van der Waals surface area contributed by atoms with Crippen molar-refractivity contribution in [2.45, 2.75) is 32.7 Å². The predicted octanol–water partition coefficient (Wildman–Crippen LogP) is 4.50. The van der Waals surface area contributed by atoms with Crippen molar-refractivity contribution in [3.63, 3.8) is 0 Å². The summed E-state index contributed by atoms with van der Waals surface area (Å²) in [6, 6.07) is 10.9. The standard InChI is InChI=1S/C19H19BCl2N4O/c1-4-19(2,3)24-18(27)14-7-13(12-5-6-16(21)17(22)10-12)8-15(9-14)26-11-23-20-25-26/h5-11H,4H2,1-3H3,(H,24,27). The molecule has 0 aliphatic rings. The summed E-state index contributed by atoms with van der Waals surface area (Å²) >= 11 is 12.2. The maximum absolute atomic E-state index is 12.8. The van der Waals surface area contributed by atoms with Gasteiger partial charge in [-0.15, -0.1) is 0 Å². The van der Waals surface area contributed by atoms with Crippen LogP contribution in [-0.4, -0.2) is 33.2 Å². The number of nitrogens with one attached hydrogen (secondary N) is 1. The van der Waals surface area contributed by atoms with Gasteiger partial charge in [0.05, 0.1) is 0 Å². The van der Waals surface area contributed by atoms with E-state index in [1.54, 1.807) is 29.2 Å². The van der Waals surface area contributed by atoms with Crippen LogP contribution >= 0.6 is 23.2 Å². The number of hydrogen-bond donors (Lipinski definition) is 1. The number of aromatic nitrogens is 3. The van der Waals surface area contributed by atoms with Crippen LogP contribution in [0.15, 0.2) is 42.7 Å². The maximum atomic E-state index is 12.8. The summed E-state index contributed by atoms with van der Waals surface area (Å²) < 4.78 is 1.61. The Hall–Kier alpha value is -2.18. The van der Waals surface area contributed by atoms with Gasteiger partial charge in [0.2, 0.25) is 0 Å². The van der Waals surface area contributed by atoms with Gasteiger partial charge in [-0.3, -0.25) is 0 Å². The molecular formula is C19H19BCl2N4O. The van der Waals surface area contributed by atoms with E-state index in [1.807, 2.05) is 39.0 Å². The number of hydrogen-bond acceptors (Lipinski definition) is 3. The molecule has 0 saturated heterocycles. The van der Waals surface area contributed by atoms with E-state index in [-0.39, 0.29) is 11.4 Å². The Bertz CT molecular complexity index is 974. The van der Waals surface area contributed by atoms with Crippen LogP contribution in [0.1, 0.15) is 37.6 Å². The molecular weight excluding hydrogens is 382 g/mol. The van der Waals surface area contributed by atoms with E-state index < -0.39 is 0 Å². The van der Waals surface area contributed by atoms with Crippen molar-refractivity contribution in [1.82, 2.24) is 19.9 Å². The molecule has 2 aromatic carbocycles. The molecule has 0 spiro atoms. The molecule has 1 heterocycles. The minimum atomic E-state index is -0.302. The van der Waals surface area contributed by atoms with Gasteiger partial charge >= 0.3 is 169 Å². The number of rotatable bonds is 5. The van der Waals surface area contributed by atoms with E-state index in [4.69, 9.17) is 23.2 Å². The van der Waals surface area contributed by atoms with Crippen LogP contribution in [0.5, 0.6) is 0 Å². The first-order valence-electron chi connectivity index (χ1n) is 8.57. The van der Waals surface area contributed by atoms with E-state index in [0.29, 0.717) is 15.6 Å². The van der Waals surface area contributed by atoms with E-state index >= 15 is 0 Å². The summed E-state index contributed by atoms with van der Waals surface area (Å²) in [4.78, 5) is 16.8. The quantitative estimate of drug-likeness (QED) is 0.685. The van der Waals surface area contributed by atoms with Gasteiger partial charge < -0.3 is 0 Å².